The molecule has 0 aliphatic rings. The molecule has 0 radical (unpaired) electrons. The molecule has 5 heteroatoms. The number of carbonyl (C=O) groups is 2. The Hall–Kier alpha value is -1.42. The van der Waals surface area contributed by atoms with Crippen molar-refractivity contribution in [1.82, 2.24) is 0 Å². The monoisotopic (exact) mass is 328 g/mol. The van der Waals surface area contributed by atoms with Crippen molar-refractivity contribution >= 4 is 22.8 Å². The first-order valence-corrected chi connectivity index (χ1v) is 7.96. The molecule has 22 heavy (non-hydrogen) atoms. The average molecular weight is 329 g/mol. The second-order valence-corrected chi connectivity index (χ2v) is 5.63. The van der Waals surface area contributed by atoms with E-state index in [1.165, 1.54) is 0 Å². The van der Waals surface area contributed by atoms with E-state index < -0.39 is 17.8 Å². The van der Waals surface area contributed by atoms with Crippen LogP contribution in [0.25, 0.3) is 0 Å². The lowest BCUT2D eigenvalue weighted by Crippen LogP contribution is -2.10. The summed E-state index contributed by atoms with van der Waals surface area (Å²) in [6.07, 6.45) is 4.04. The molecule has 0 fully saturated rings. The normalized spacial score (nSPS) is 11.9. The molecular formula is C17H22ClFO3. The Bertz CT molecular complexity index is 450. The van der Waals surface area contributed by atoms with E-state index in [4.69, 9.17) is 16.3 Å². The molecule has 0 saturated heterocycles. The van der Waals surface area contributed by atoms with Crippen molar-refractivity contribution in [3.8, 4) is 0 Å². The molecule has 0 aliphatic heterocycles. The van der Waals surface area contributed by atoms with E-state index in [0.29, 0.717) is 19.4 Å². The van der Waals surface area contributed by atoms with Gasteiger partial charge in [0.05, 0.1) is 5.92 Å². The summed E-state index contributed by atoms with van der Waals surface area (Å²) in [6.45, 7) is -0.399. The molecule has 1 unspecified atom stereocenters. The second kappa shape index (κ2) is 11.2. The van der Waals surface area contributed by atoms with Gasteiger partial charge in [0.25, 0.3) is 0 Å². The van der Waals surface area contributed by atoms with Crippen molar-refractivity contribution in [3.05, 3.63) is 35.9 Å². The van der Waals surface area contributed by atoms with Crippen LogP contribution in [-0.4, -0.2) is 17.9 Å². The molecule has 0 heterocycles. The van der Waals surface area contributed by atoms with Crippen LogP contribution in [0.5, 0.6) is 0 Å². The summed E-state index contributed by atoms with van der Waals surface area (Å²) in [6, 6.07) is 9.54. The number of esters is 1. The standard InChI is InChI=1S/C17H22ClFO3/c18-17(21)15(12-19)10-6-1-2-7-11-16(20)22-13-14-8-4-3-5-9-14/h3-5,8-9,15H,1-2,6-7,10-13H2. The Morgan fingerprint density at radius 2 is 1.77 bits per heavy atom. The lowest BCUT2D eigenvalue weighted by Gasteiger charge is -2.07. The SMILES string of the molecule is O=C(CCCCCCC(CF)C(=O)Cl)OCc1ccccc1. The number of rotatable bonds is 11. The van der Waals surface area contributed by atoms with Crippen LogP contribution in [0.4, 0.5) is 4.39 Å². The first kappa shape index (κ1) is 18.6. The Kier molecular flexibility index (Phi) is 9.47. The zero-order valence-electron chi connectivity index (χ0n) is 12.6. The highest BCUT2D eigenvalue weighted by Crippen LogP contribution is 2.15. The van der Waals surface area contributed by atoms with Gasteiger partial charge in [-0.15, -0.1) is 0 Å². The minimum absolute atomic E-state index is 0.207. The van der Waals surface area contributed by atoms with Gasteiger partial charge in [-0.05, 0) is 30.0 Å². The van der Waals surface area contributed by atoms with Gasteiger partial charge in [-0.25, -0.2) is 0 Å². The van der Waals surface area contributed by atoms with Crippen molar-refractivity contribution in [2.45, 2.75) is 45.1 Å². The number of unbranched alkanes of at least 4 members (excludes halogenated alkanes) is 3. The molecule has 0 spiro atoms. The molecule has 0 amide bonds. The number of ether oxygens (including phenoxy) is 1. The molecular weight excluding hydrogens is 307 g/mol. The fourth-order valence-corrected chi connectivity index (χ4v) is 2.24. The van der Waals surface area contributed by atoms with Crippen LogP contribution < -0.4 is 0 Å². The Balaban J connectivity index is 2.02. The molecule has 0 bridgehead atoms. The van der Waals surface area contributed by atoms with Crippen LogP contribution >= 0.6 is 11.6 Å². The van der Waals surface area contributed by atoms with E-state index in [0.717, 1.165) is 31.2 Å². The molecule has 0 saturated carbocycles. The third kappa shape index (κ3) is 8.13. The molecule has 1 rings (SSSR count). The third-order valence-corrected chi connectivity index (χ3v) is 3.74. The highest BCUT2D eigenvalue weighted by Gasteiger charge is 2.15. The molecule has 1 aromatic rings. The fourth-order valence-electron chi connectivity index (χ4n) is 2.08. The predicted molar refractivity (Wildman–Crippen MR) is 84.3 cm³/mol. The maximum absolute atomic E-state index is 12.4. The number of alkyl halides is 1. The largest absolute Gasteiger partial charge is 0.461 e. The van der Waals surface area contributed by atoms with E-state index in [1.807, 2.05) is 30.3 Å². The second-order valence-electron chi connectivity index (χ2n) is 5.25. The minimum atomic E-state index is -0.700. The van der Waals surface area contributed by atoms with Crippen LogP contribution in [0.1, 0.15) is 44.1 Å². The molecule has 0 aliphatic carbocycles. The quantitative estimate of drug-likeness (QED) is 0.343. The van der Waals surface area contributed by atoms with E-state index in [-0.39, 0.29) is 5.97 Å². The van der Waals surface area contributed by atoms with Gasteiger partial charge in [0.15, 0.2) is 0 Å². The van der Waals surface area contributed by atoms with Gasteiger partial charge in [0, 0.05) is 6.42 Å². The van der Waals surface area contributed by atoms with Crippen molar-refractivity contribution in [2.75, 3.05) is 6.67 Å². The first-order valence-electron chi connectivity index (χ1n) is 7.58. The number of carbonyl (C=O) groups excluding carboxylic acids is 2. The average Bonchev–Trinajstić information content (AvgIpc) is 2.53. The Morgan fingerprint density at radius 1 is 1.09 bits per heavy atom. The summed E-state index contributed by atoms with van der Waals surface area (Å²) in [5, 5.41) is -0.605. The zero-order valence-corrected chi connectivity index (χ0v) is 13.4. The van der Waals surface area contributed by atoms with Crippen LogP contribution in [-0.2, 0) is 20.9 Å². The minimum Gasteiger partial charge on any atom is -0.461 e. The van der Waals surface area contributed by atoms with Gasteiger partial charge in [0.2, 0.25) is 5.24 Å². The fraction of sp³-hybridized carbons (Fsp3) is 0.529. The maximum atomic E-state index is 12.4. The van der Waals surface area contributed by atoms with Crippen LogP contribution in [0.15, 0.2) is 30.3 Å². The summed E-state index contributed by atoms with van der Waals surface area (Å²) in [7, 11) is 0. The van der Waals surface area contributed by atoms with Crippen molar-refractivity contribution in [3.63, 3.8) is 0 Å². The van der Waals surface area contributed by atoms with Crippen molar-refractivity contribution < 1.29 is 18.7 Å². The van der Waals surface area contributed by atoms with Gasteiger partial charge in [-0.3, -0.25) is 14.0 Å². The molecule has 3 nitrogen and oxygen atoms in total. The summed E-state index contributed by atoms with van der Waals surface area (Å²) >= 11 is 5.27. The highest BCUT2D eigenvalue weighted by molar-refractivity contribution is 6.64. The Labute approximate surface area is 135 Å². The van der Waals surface area contributed by atoms with Gasteiger partial charge in [-0.1, -0.05) is 49.6 Å². The molecule has 0 aromatic heterocycles. The van der Waals surface area contributed by atoms with Gasteiger partial charge in [0.1, 0.15) is 13.3 Å². The number of benzene rings is 1. The van der Waals surface area contributed by atoms with E-state index in [2.05, 4.69) is 0 Å². The van der Waals surface area contributed by atoms with E-state index in [9.17, 15) is 14.0 Å². The Morgan fingerprint density at radius 3 is 2.41 bits per heavy atom. The molecule has 122 valence electrons. The summed E-state index contributed by atoms with van der Waals surface area (Å²) in [4.78, 5) is 22.4. The first-order chi connectivity index (χ1) is 10.6. The topological polar surface area (TPSA) is 43.4 Å². The lowest BCUT2D eigenvalue weighted by atomic mass is 10.0. The number of hydrogen-bond donors (Lipinski definition) is 0. The van der Waals surface area contributed by atoms with Gasteiger partial charge < -0.3 is 4.74 Å². The molecule has 1 aromatic carbocycles. The van der Waals surface area contributed by atoms with Gasteiger partial charge in [-0.2, -0.15) is 0 Å². The summed E-state index contributed by atoms with van der Waals surface area (Å²) < 4.78 is 17.6. The number of halogens is 2. The smallest absolute Gasteiger partial charge is 0.306 e. The van der Waals surface area contributed by atoms with Crippen molar-refractivity contribution in [2.24, 2.45) is 5.92 Å². The molecule has 1 atom stereocenters. The maximum Gasteiger partial charge on any atom is 0.306 e. The zero-order chi connectivity index (χ0) is 16.2. The van der Waals surface area contributed by atoms with Gasteiger partial charge >= 0.3 is 5.97 Å². The summed E-state index contributed by atoms with van der Waals surface area (Å²) in [5.74, 6) is -0.890. The van der Waals surface area contributed by atoms with Crippen LogP contribution in [0, 0.1) is 5.92 Å². The van der Waals surface area contributed by atoms with E-state index in [1.54, 1.807) is 0 Å². The highest BCUT2D eigenvalue weighted by atomic mass is 35.5. The molecule has 0 N–H and O–H groups in total. The summed E-state index contributed by atoms with van der Waals surface area (Å²) in [5.41, 5.74) is 0.971. The van der Waals surface area contributed by atoms with E-state index >= 15 is 0 Å². The number of hydrogen-bond acceptors (Lipinski definition) is 3. The third-order valence-electron chi connectivity index (χ3n) is 3.43. The van der Waals surface area contributed by atoms with Crippen LogP contribution in [0.3, 0.4) is 0 Å². The van der Waals surface area contributed by atoms with Crippen LogP contribution in [0.2, 0.25) is 0 Å². The van der Waals surface area contributed by atoms with Crippen molar-refractivity contribution in [1.29, 1.82) is 0 Å². The lowest BCUT2D eigenvalue weighted by molar-refractivity contribution is -0.145. The predicted octanol–water partition coefficient (Wildman–Crippen LogP) is 4.42.